The van der Waals surface area contributed by atoms with Crippen molar-refractivity contribution in [2.75, 3.05) is 11.5 Å². The van der Waals surface area contributed by atoms with Gasteiger partial charge in [-0.15, -0.1) is 0 Å². The monoisotopic (exact) mass is 443 g/mol. The molecule has 3 heteroatoms. The lowest BCUT2D eigenvalue weighted by Crippen LogP contribution is -2.14. The minimum Gasteiger partial charge on any atom is -0.465 e. The minimum absolute atomic E-state index is 0.0221. The van der Waals surface area contributed by atoms with Gasteiger partial charge in [-0.05, 0) is 111 Å². The van der Waals surface area contributed by atoms with E-state index in [4.69, 9.17) is 4.74 Å². The van der Waals surface area contributed by atoms with E-state index in [1.165, 1.54) is 27.8 Å². The van der Waals surface area contributed by atoms with Crippen LogP contribution >= 0.6 is 0 Å². The van der Waals surface area contributed by atoms with Crippen LogP contribution in [0.1, 0.15) is 54.5 Å². The van der Waals surface area contributed by atoms with E-state index in [0.717, 1.165) is 36.3 Å². The van der Waals surface area contributed by atoms with E-state index in [-0.39, 0.29) is 11.9 Å². The Morgan fingerprint density at radius 1 is 0.788 bits per heavy atom. The summed E-state index contributed by atoms with van der Waals surface area (Å²) < 4.78 is 5.39. The van der Waals surface area contributed by atoms with Crippen LogP contribution in [0.2, 0.25) is 0 Å². The first-order valence-corrected chi connectivity index (χ1v) is 12.0. The van der Waals surface area contributed by atoms with Crippen LogP contribution in [0.15, 0.2) is 60.7 Å². The van der Waals surface area contributed by atoms with Crippen LogP contribution in [0, 0.1) is 33.6 Å². The van der Waals surface area contributed by atoms with Crippen LogP contribution in [0.5, 0.6) is 0 Å². The molecule has 3 nitrogen and oxygen atoms in total. The van der Waals surface area contributed by atoms with Gasteiger partial charge in [0.05, 0.1) is 12.5 Å². The van der Waals surface area contributed by atoms with Gasteiger partial charge in [0, 0.05) is 17.1 Å². The molecule has 1 atom stereocenters. The zero-order valence-electron chi connectivity index (χ0n) is 20.9. The van der Waals surface area contributed by atoms with Crippen LogP contribution < -0.4 is 4.90 Å². The van der Waals surface area contributed by atoms with Gasteiger partial charge < -0.3 is 9.64 Å². The Balaban J connectivity index is 1.79. The van der Waals surface area contributed by atoms with E-state index in [1.54, 1.807) is 0 Å². The predicted molar refractivity (Wildman–Crippen MR) is 139 cm³/mol. The number of hydrogen-bond acceptors (Lipinski definition) is 3. The van der Waals surface area contributed by atoms with Gasteiger partial charge in [-0.1, -0.05) is 38.1 Å². The second-order valence-corrected chi connectivity index (χ2v) is 9.12. The van der Waals surface area contributed by atoms with Crippen molar-refractivity contribution in [3.8, 4) is 0 Å². The van der Waals surface area contributed by atoms with Gasteiger partial charge in [-0.3, -0.25) is 4.79 Å². The van der Waals surface area contributed by atoms with Crippen molar-refractivity contribution in [2.24, 2.45) is 5.92 Å². The average Bonchev–Trinajstić information content (AvgIpc) is 2.81. The van der Waals surface area contributed by atoms with Crippen molar-refractivity contribution in [2.45, 2.75) is 60.8 Å². The maximum absolute atomic E-state index is 11.8. The fourth-order valence-corrected chi connectivity index (χ4v) is 3.75. The predicted octanol–water partition coefficient (Wildman–Crippen LogP) is 7.91. The number of aryl methyl sites for hydroxylation is 5. The molecule has 0 N–H and O–H groups in total. The van der Waals surface area contributed by atoms with Crippen LogP contribution in [0.3, 0.4) is 0 Å². The normalized spacial score (nSPS) is 11.8. The lowest BCUT2D eigenvalue weighted by Gasteiger charge is -2.27. The molecule has 174 valence electrons. The molecular formula is C30H37NO2. The van der Waals surface area contributed by atoms with Crippen LogP contribution in [-0.4, -0.2) is 12.6 Å². The topological polar surface area (TPSA) is 29.5 Å². The number of benzene rings is 3. The molecule has 0 heterocycles. The van der Waals surface area contributed by atoms with Crippen molar-refractivity contribution in [1.82, 2.24) is 0 Å². The maximum atomic E-state index is 11.8. The quantitative estimate of drug-likeness (QED) is 0.248. The maximum Gasteiger partial charge on any atom is 0.308 e. The molecule has 0 bridgehead atoms. The number of hydrogen-bond donors (Lipinski definition) is 0. The SMILES string of the molecule is CCC(C)C(=O)OCCCc1ccc(N(c2ccc(C)c(C)c2)c2ccc(C)c(C)c2)cc1. The molecule has 0 aliphatic heterocycles. The van der Waals surface area contributed by atoms with Gasteiger partial charge >= 0.3 is 5.97 Å². The molecule has 3 aromatic carbocycles. The largest absolute Gasteiger partial charge is 0.465 e. The molecule has 0 amide bonds. The van der Waals surface area contributed by atoms with Crippen molar-refractivity contribution in [3.63, 3.8) is 0 Å². The van der Waals surface area contributed by atoms with E-state index < -0.39 is 0 Å². The van der Waals surface area contributed by atoms with E-state index in [9.17, 15) is 4.79 Å². The van der Waals surface area contributed by atoms with Crippen molar-refractivity contribution in [1.29, 1.82) is 0 Å². The molecule has 0 saturated heterocycles. The first-order valence-electron chi connectivity index (χ1n) is 12.0. The Morgan fingerprint density at radius 3 is 1.79 bits per heavy atom. The van der Waals surface area contributed by atoms with Crippen LogP contribution in [0.25, 0.3) is 0 Å². The number of anilines is 3. The third-order valence-electron chi connectivity index (χ3n) is 6.56. The summed E-state index contributed by atoms with van der Waals surface area (Å²) in [7, 11) is 0. The molecule has 0 aliphatic carbocycles. The highest BCUT2D eigenvalue weighted by Crippen LogP contribution is 2.36. The van der Waals surface area contributed by atoms with Crippen molar-refractivity contribution < 1.29 is 9.53 Å². The highest BCUT2D eigenvalue weighted by molar-refractivity contribution is 5.77. The molecule has 33 heavy (non-hydrogen) atoms. The first kappa shape index (κ1) is 24.6. The lowest BCUT2D eigenvalue weighted by molar-refractivity contribution is -0.148. The number of carbonyl (C=O) groups is 1. The number of ether oxygens (including phenoxy) is 1. The summed E-state index contributed by atoms with van der Waals surface area (Å²) >= 11 is 0. The smallest absolute Gasteiger partial charge is 0.308 e. The van der Waals surface area contributed by atoms with E-state index >= 15 is 0 Å². The fraction of sp³-hybridized carbons (Fsp3) is 0.367. The summed E-state index contributed by atoms with van der Waals surface area (Å²) in [6.07, 6.45) is 2.54. The first-order chi connectivity index (χ1) is 15.8. The van der Waals surface area contributed by atoms with E-state index in [0.29, 0.717) is 6.61 Å². The third-order valence-corrected chi connectivity index (χ3v) is 6.56. The molecule has 0 aromatic heterocycles. The standard InChI is InChI=1S/C30H37NO2/c1-7-21(2)30(32)33-18-8-9-26-12-16-27(17-13-26)31(28-14-10-22(3)24(5)19-28)29-15-11-23(4)25(6)20-29/h10-17,19-21H,7-9,18H2,1-6H3. The molecular weight excluding hydrogens is 406 g/mol. The van der Waals surface area contributed by atoms with Gasteiger partial charge in [-0.25, -0.2) is 0 Å². The van der Waals surface area contributed by atoms with Crippen molar-refractivity contribution in [3.05, 3.63) is 88.5 Å². The second kappa shape index (κ2) is 11.2. The molecule has 0 spiro atoms. The summed E-state index contributed by atoms with van der Waals surface area (Å²) in [6.45, 7) is 13.0. The van der Waals surface area contributed by atoms with Crippen molar-refractivity contribution >= 4 is 23.0 Å². The third kappa shape index (κ3) is 6.25. The zero-order valence-corrected chi connectivity index (χ0v) is 20.9. The number of rotatable bonds is 9. The highest BCUT2D eigenvalue weighted by Gasteiger charge is 2.14. The van der Waals surface area contributed by atoms with E-state index in [2.05, 4.69) is 93.3 Å². The number of esters is 1. The van der Waals surface area contributed by atoms with Gasteiger partial charge in [-0.2, -0.15) is 0 Å². The van der Waals surface area contributed by atoms with Gasteiger partial charge in [0.25, 0.3) is 0 Å². The Hall–Kier alpha value is -3.07. The molecule has 0 aliphatic rings. The molecule has 0 radical (unpaired) electrons. The molecule has 3 rings (SSSR count). The second-order valence-electron chi connectivity index (χ2n) is 9.12. The lowest BCUT2D eigenvalue weighted by atomic mass is 10.0. The summed E-state index contributed by atoms with van der Waals surface area (Å²) in [5.41, 5.74) is 9.85. The Morgan fingerprint density at radius 2 is 1.30 bits per heavy atom. The Bertz CT molecular complexity index is 1030. The summed E-state index contributed by atoms with van der Waals surface area (Å²) in [6, 6.07) is 22.0. The molecule has 0 fully saturated rings. The highest BCUT2D eigenvalue weighted by atomic mass is 16.5. The molecule has 0 saturated carbocycles. The van der Waals surface area contributed by atoms with Crippen LogP contribution in [0.4, 0.5) is 17.1 Å². The number of nitrogens with zero attached hydrogens (tertiary/aromatic N) is 1. The minimum atomic E-state index is -0.0923. The van der Waals surface area contributed by atoms with Gasteiger partial charge in [0.15, 0.2) is 0 Å². The zero-order chi connectivity index (χ0) is 24.0. The summed E-state index contributed by atoms with van der Waals surface area (Å²) in [4.78, 5) is 14.2. The Kier molecular flexibility index (Phi) is 8.32. The number of carbonyl (C=O) groups excluding carboxylic acids is 1. The average molecular weight is 444 g/mol. The molecule has 3 aromatic rings. The van der Waals surface area contributed by atoms with Gasteiger partial charge in [0.2, 0.25) is 0 Å². The van der Waals surface area contributed by atoms with E-state index in [1.807, 2.05) is 13.8 Å². The van der Waals surface area contributed by atoms with Gasteiger partial charge in [0.1, 0.15) is 0 Å². The Labute approximate surface area is 199 Å². The molecule has 1 unspecified atom stereocenters. The summed E-state index contributed by atoms with van der Waals surface area (Å²) in [5, 5.41) is 0. The fourth-order valence-electron chi connectivity index (χ4n) is 3.75. The summed E-state index contributed by atoms with van der Waals surface area (Å²) in [5.74, 6) is -0.114. The van der Waals surface area contributed by atoms with Crippen LogP contribution in [-0.2, 0) is 16.0 Å².